The van der Waals surface area contributed by atoms with E-state index in [2.05, 4.69) is 6.07 Å². The Bertz CT molecular complexity index is 618. The van der Waals surface area contributed by atoms with E-state index in [0.717, 1.165) is 24.3 Å². The average Bonchev–Trinajstić information content (AvgIpc) is 2.66. The molecule has 0 spiro atoms. The molecule has 3 rings (SSSR count). The summed E-state index contributed by atoms with van der Waals surface area (Å²) in [5.41, 5.74) is 1.35. The van der Waals surface area contributed by atoms with Gasteiger partial charge in [0.15, 0.2) is 0 Å². The number of aliphatic carboxylic acids is 1. The van der Waals surface area contributed by atoms with Gasteiger partial charge in [-0.25, -0.2) is 0 Å². The normalized spacial score (nSPS) is 18.8. The summed E-state index contributed by atoms with van der Waals surface area (Å²) in [5.74, 6) is -0.413. The molecular formula is C14H13ClO2S. The van der Waals surface area contributed by atoms with Crippen LogP contribution in [0.4, 0.5) is 0 Å². The zero-order chi connectivity index (χ0) is 12.7. The minimum Gasteiger partial charge on any atom is -0.481 e. The summed E-state index contributed by atoms with van der Waals surface area (Å²) in [4.78, 5) is 12.1. The van der Waals surface area contributed by atoms with E-state index in [1.54, 1.807) is 11.3 Å². The number of benzene rings is 1. The van der Waals surface area contributed by atoms with Gasteiger partial charge in [-0.05, 0) is 42.9 Å². The maximum atomic E-state index is 10.8. The number of rotatable bonds is 2. The average molecular weight is 281 g/mol. The highest BCUT2D eigenvalue weighted by Gasteiger charge is 2.25. The monoisotopic (exact) mass is 280 g/mol. The van der Waals surface area contributed by atoms with Crippen LogP contribution < -0.4 is 0 Å². The Morgan fingerprint density at radius 3 is 3.11 bits per heavy atom. The summed E-state index contributed by atoms with van der Waals surface area (Å²) >= 11 is 8.04. The Balaban J connectivity index is 2.00. The molecule has 0 radical (unpaired) electrons. The van der Waals surface area contributed by atoms with Crippen LogP contribution in [0.1, 0.15) is 23.3 Å². The Labute approximate surface area is 114 Å². The predicted octanol–water partition coefficient (Wildman–Crippen LogP) is 4.13. The van der Waals surface area contributed by atoms with Gasteiger partial charge in [0, 0.05) is 26.4 Å². The third kappa shape index (κ3) is 2.02. The first kappa shape index (κ1) is 12.0. The summed E-state index contributed by atoms with van der Waals surface area (Å²) < 4.78 is 1.23. The molecule has 0 saturated carbocycles. The van der Waals surface area contributed by atoms with Crippen molar-refractivity contribution in [1.82, 2.24) is 0 Å². The molecule has 18 heavy (non-hydrogen) atoms. The van der Waals surface area contributed by atoms with Crippen molar-refractivity contribution in [2.24, 2.45) is 5.92 Å². The van der Waals surface area contributed by atoms with Gasteiger partial charge in [0.05, 0.1) is 0 Å². The van der Waals surface area contributed by atoms with Crippen molar-refractivity contribution in [3.8, 4) is 0 Å². The molecular weight excluding hydrogens is 268 g/mol. The van der Waals surface area contributed by atoms with Gasteiger partial charge in [-0.15, -0.1) is 11.3 Å². The lowest BCUT2D eigenvalue weighted by molar-refractivity contribution is -0.138. The highest BCUT2D eigenvalue weighted by molar-refractivity contribution is 7.19. The van der Waals surface area contributed by atoms with Gasteiger partial charge < -0.3 is 5.11 Å². The summed E-state index contributed by atoms with van der Waals surface area (Å²) in [6.45, 7) is 0. The molecule has 0 fully saturated rings. The molecule has 0 amide bonds. The standard InChI is InChI=1S/C14H13ClO2S/c15-10-2-1-3-11-14(10)9-5-4-8(7-13(16)17)6-12(9)18-11/h1-3,8H,4-7H2,(H,16,17). The van der Waals surface area contributed by atoms with E-state index in [4.69, 9.17) is 16.7 Å². The minimum absolute atomic E-state index is 0.279. The molecule has 0 aliphatic heterocycles. The fourth-order valence-corrected chi connectivity index (χ4v) is 4.52. The number of hydrogen-bond donors (Lipinski definition) is 1. The number of fused-ring (bicyclic) bond motifs is 3. The number of carboxylic acid groups (broad SMARTS) is 1. The van der Waals surface area contributed by atoms with Gasteiger partial charge in [0.2, 0.25) is 0 Å². The Morgan fingerprint density at radius 2 is 2.33 bits per heavy atom. The molecule has 1 unspecified atom stereocenters. The lowest BCUT2D eigenvalue weighted by atomic mass is 9.86. The summed E-state index contributed by atoms with van der Waals surface area (Å²) in [7, 11) is 0. The highest BCUT2D eigenvalue weighted by Crippen LogP contribution is 2.41. The fourth-order valence-electron chi connectivity index (χ4n) is 2.78. The van der Waals surface area contributed by atoms with Gasteiger partial charge in [-0.2, -0.15) is 0 Å². The number of carboxylic acids is 1. The molecule has 1 atom stereocenters. The SMILES string of the molecule is O=C(O)CC1CCc2c(sc3cccc(Cl)c23)C1. The number of halogens is 1. The van der Waals surface area contributed by atoms with E-state index < -0.39 is 5.97 Å². The van der Waals surface area contributed by atoms with Gasteiger partial charge in [-0.1, -0.05) is 17.7 Å². The van der Waals surface area contributed by atoms with Crippen molar-refractivity contribution in [3.63, 3.8) is 0 Å². The first-order chi connectivity index (χ1) is 8.65. The molecule has 1 N–H and O–H groups in total. The third-order valence-electron chi connectivity index (χ3n) is 3.59. The van der Waals surface area contributed by atoms with Crippen LogP contribution in [0.25, 0.3) is 10.1 Å². The molecule has 0 saturated heterocycles. The first-order valence-electron chi connectivity index (χ1n) is 6.05. The summed E-state index contributed by atoms with van der Waals surface area (Å²) in [6, 6.07) is 6.00. The van der Waals surface area contributed by atoms with Crippen LogP contribution >= 0.6 is 22.9 Å². The summed E-state index contributed by atoms with van der Waals surface area (Å²) in [6.07, 6.45) is 3.08. The van der Waals surface area contributed by atoms with Crippen molar-refractivity contribution in [2.75, 3.05) is 0 Å². The van der Waals surface area contributed by atoms with Crippen molar-refractivity contribution >= 4 is 39.0 Å². The topological polar surface area (TPSA) is 37.3 Å². The molecule has 1 aromatic heterocycles. The molecule has 1 aliphatic rings. The lowest BCUT2D eigenvalue weighted by Crippen LogP contribution is -2.16. The number of thiophene rings is 1. The zero-order valence-electron chi connectivity index (χ0n) is 9.78. The van der Waals surface area contributed by atoms with Crippen molar-refractivity contribution in [2.45, 2.75) is 25.7 Å². The first-order valence-corrected chi connectivity index (χ1v) is 7.25. The summed E-state index contributed by atoms with van der Waals surface area (Å²) in [5, 5.41) is 10.9. The maximum Gasteiger partial charge on any atom is 0.303 e. The van der Waals surface area contributed by atoms with Gasteiger partial charge in [0.1, 0.15) is 0 Å². The molecule has 1 aromatic carbocycles. The van der Waals surface area contributed by atoms with E-state index in [1.807, 2.05) is 12.1 Å². The van der Waals surface area contributed by atoms with Gasteiger partial charge in [0.25, 0.3) is 0 Å². The van der Waals surface area contributed by atoms with E-state index in [-0.39, 0.29) is 12.3 Å². The Hall–Kier alpha value is -1.06. The smallest absolute Gasteiger partial charge is 0.303 e. The van der Waals surface area contributed by atoms with Crippen molar-refractivity contribution < 1.29 is 9.90 Å². The van der Waals surface area contributed by atoms with Crippen LogP contribution in [0.3, 0.4) is 0 Å². The van der Waals surface area contributed by atoms with Crippen LogP contribution in [0, 0.1) is 5.92 Å². The van der Waals surface area contributed by atoms with Crippen LogP contribution in [-0.4, -0.2) is 11.1 Å². The maximum absolute atomic E-state index is 10.8. The Morgan fingerprint density at radius 1 is 1.50 bits per heavy atom. The largest absolute Gasteiger partial charge is 0.481 e. The van der Waals surface area contributed by atoms with Gasteiger partial charge in [-0.3, -0.25) is 4.79 Å². The number of hydrogen-bond acceptors (Lipinski definition) is 2. The molecule has 2 nitrogen and oxygen atoms in total. The second-order valence-corrected chi connectivity index (χ2v) is 6.37. The third-order valence-corrected chi connectivity index (χ3v) is 5.12. The van der Waals surface area contributed by atoms with Gasteiger partial charge >= 0.3 is 5.97 Å². The zero-order valence-corrected chi connectivity index (χ0v) is 11.4. The van der Waals surface area contributed by atoms with E-state index in [1.165, 1.54) is 20.5 Å². The van der Waals surface area contributed by atoms with E-state index >= 15 is 0 Å². The van der Waals surface area contributed by atoms with Crippen LogP contribution in [0.15, 0.2) is 18.2 Å². The molecule has 94 valence electrons. The fraction of sp³-hybridized carbons (Fsp3) is 0.357. The van der Waals surface area contributed by atoms with Crippen molar-refractivity contribution in [3.05, 3.63) is 33.7 Å². The molecule has 2 aromatic rings. The molecule has 1 aliphatic carbocycles. The Kier molecular flexibility index (Phi) is 3.04. The van der Waals surface area contributed by atoms with Crippen LogP contribution in [0.2, 0.25) is 5.02 Å². The van der Waals surface area contributed by atoms with Crippen LogP contribution in [0.5, 0.6) is 0 Å². The lowest BCUT2D eigenvalue weighted by Gasteiger charge is -2.20. The second-order valence-electron chi connectivity index (χ2n) is 4.82. The van der Waals surface area contributed by atoms with E-state index in [0.29, 0.717) is 0 Å². The van der Waals surface area contributed by atoms with E-state index in [9.17, 15) is 4.79 Å². The highest BCUT2D eigenvalue weighted by atomic mass is 35.5. The molecule has 1 heterocycles. The number of carbonyl (C=O) groups is 1. The molecule has 4 heteroatoms. The predicted molar refractivity (Wildman–Crippen MR) is 74.6 cm³/mol. The van der Waals surface area contributed by atoms with Crippen LogP contribution in [-0.2, 0) is 17.6 Å². The second kappa shape index (κ2) is 4.56. The quantitative estimate of drug-likeness (QED) is 0.898. The minimum atomic E-state index is -0.692. The number of aryl methyl sites for hydroxylation is 1. The molecule has 0 bridgehead atoms. The van der Waals surface area contributed by atoms with Crippen molar-refractivity contribution in [1.29, 1.82) is 0 Å².